The third-order valence-corrected chi connectivity index (χ3v) is 3.08. The summed E-state index contributed by atoms with van der Waals surface area (Å²) in [7, 11) is -4.10. The van der Waals surface area contributed by atoms with Gasteiger partial charge in [-0.2, -0.15) is 5.48 Å². The quantitative estimate of drug-likeness (QED) is 0.374. The highest BCUT2D eigenvalue weighted by molar-refractivity contribution is 7.50. The van der Waals surface area contributed by atoms with Gasteiger partial charge in [-0.25, -0.2) is 0 Å². The molecule has 1 aromatic carbocycles. The summed E-state index contributed by atoms with van der Waals surface area (Å²) in [5.74, 6) is -1.18. The van der Waals surface area contributed by atoms with Crippen LogP contribution in [0, 0.1) is 0 Å². The zero-order valence-corrected chi connectivity index (χ0v) is 10.2. The number of nitrogens with one attached hydrogen (secondary N) is 1. The van der Waals surface area contributed by atoms with E-state index in [2.05, 4.69) is 0 Å². The Morgan fingerprint density at radius 1 is 1.22 bits per heavy atom. The maximum Gasteiger partial charge on any atom is 0.329 e. The Morgan fingerprint density at radius 2 is 1.72 bits per heavy atom. The minimum Gasteiger partial charge on any atom is -0.480 e. The Morgan fingerprint density at radius 3 is 2.11 bits per heavy atom. The average Bonchev–Trinajstić information content (AvgIpc) is 2.25. The molecule has 0 spiro atoms. The number of carboxylic acids is 1. The van der Waals surface area contributed by atoms with Crippen molar-refractivity contribution in [1.82, 2.24) is 5.48 Å². The van der Waals surface area contributed by atoms with Gasteiger partial charge in [0.1, 0.15) is 6.04 Å². The van der Waals surface area contributed by atoms with E-state index in [-0.39, 0.29) is 12.6 Å². The second-order valence-corrected chi connectivity index (χ2v) is 5.51. The normalized spacial score (nSPS) is 13.3. The van der Waals surface area contributed by atoms with Crippen LogP contribution in [-0.4, -0.2) is 32.1 Å². The average molecular weight is 275 g/mol. The number of hydrogen-bond acceptors (Lipinski definition) is 4. The zero-order valence-electron chi connectivity index (χ0n) is 9.35. The Bertz CT molecular complexity index is 454. The van der Waals surface area contributed by atoms with Crippen LogP contribution < -0.4 is 5.48 Å². The van der Waals surface area contributed by atoms with Gasteiger partial charge in [0.05, 0.1) is 6.16 Å². The van der Waals surface area contributed by atoms with Gasteiger partial charge in [-0.15, -0.1) is 0 Å². The van der Waals surface area contributed by atoms with Gasteiger partial charge in [0.15, 0.2) is 0 Å². The first-order valence-electron chi connectivity index (χ1n) is 5.06. The summed E-state index contributed by atoms with van der Waals surface area (Å²) in [6, 6.07) is 5.06. The van der Waals surface area contributed by atoms with Crippen molar-refractivity contribution in [3.8, 4) is 0 Å². The van der Waals surface area contributed by atoms with Crippen LogP contribution in [0.1, 0.15) is 11.1 Å². The summed E-state index contributed by atoms with van der Waals surface area (Å²) < 4.78 is 10.8. The third kappa shape index (κ3) is 4.95. The molecule has 1 atom stereocenters. The van der Waals surface area contributed by atoms with E-state index in [1.807, 2.05) is 0 Å². The van der Waals surface area contributed by atoms with E-state index in [9.17, 15) is 9.36 Å². The number of carboxylic acid groups (broad SMARTS) is 1. The van der Waals surface area contributed by atoms with Gasteiger partial charge in [-0.3, -0.25) is 9.36 Å². The number of rotatable bonds is 6. The maximum atomic E-state index is 10.8. The molecule has 0 aliphatic carbocycles. The van der Waals surface area contributed by atoms with E-state index < -0.39 is 19.6 Å². The van der Waals surface area contributed by atoms with Crippen LogP contribution in [0.25, 0.3) is 0 Å². The first-order chi connectivity index (χ1) is 8.31. The van der Waals surface area contributed by atoms with Gasteiger partial charge in [0.25, 0.3) is 0 Å². The summed E-state index contributed by atoms with van der Waals surface area (Å²) in [4.78, 5) is 28.2. The van der Waals surface area contributed by atoms with Gasteiger partial charge >= 0.3 is 13.6 Å². The highest BCUT2D eigenvalue weighted by atomic mass is 31.2. The third-order valence-electron chi connectivity index (χ3n) is 2.31. The first kappa shape index (κ1) is 14.8. The fourth-order valence-electron chi connectivity index (χ4n) is 1.44. The molecule has 18 heavy (non-hydrogen) atoms. The molecule has 0 heterocycles. The maximum absolute atomic E-state index is 10.8. The monoisotopic (exact) mass is 275 g/mol. The lowest BCUT2D eigenvalue weighted by Crippen LogP contribution is -2.36. The van der Waals surface area contributed by atoms with Gasteiger partial charge in [0, 0.05) is 6.42 Å². The van der Waals surface area contributed by atoms with Crippen LogP contribution in [0.3, 0.4) is 0 Å². The molecular formula is C10H14NO6P. The molecule has 0 saturated heterocycles. The van der Waals surface area contributed by atoms with Crippen molar-refractivity contribution in [1.29, 1.82) is 0 Å². The lowest BCUT2D eigenvalue weighted by molar-refractivity contribution is -0.142. The molecule has 0 aliphatic rings. The van der Waals surface area contributed by atoms with Gasteiger partial charge < -0.3 is 20.1 Å². The van der Waals surface area contributed by atoms with Crippen LogP contribution in [-0.2, 0) is 21.9 Å². The van der Waals surface area contributed by atoms with Crippen molar-refractivity contribution in [2.75, 3.05) is 0 Å². The highest BCUT2D eigenvalue weighted by Gasteiger charge is 2.17. The van der Waals surface area contributed by atoms with Crippen molar-refractivity contribution >= 4 is 13.6 Å². The van der Waals surface area contributed by atoms with Crippen molar-refractivity contribution in [3.63, 3.8) is 0 Å². The number of hydroxylamine groups is 1. The Labute approximate surface area is 103 Å². The largest absolute Gasteiger partial charge is 0.480 e. The number of benzene rings is 1. The second kappa shape index (κ2) is 6.08. The fraction of sp³-hybridized carbons (Fsp3) is 0.300. The molecule has 0 fully saturated rings. The summed E-state index contributed by atoms with van der Waals surface area (Å²) >= 11 is 0. The Hall–Kier alpha value is -1.24. The molecule has 8 heteroatoms. The van der Waals surface area contributed by atoms with E-state index in [0.717, 1.165) is 0 Å². The van der Waals surface area contributed by atoms with Crippen LogP contribution in [0.2, 0.25) is 0 Å². The number of hydrogen-bond donors (Lipinski definition) is 5. The molecule has 0 aromatic heterocycles. The van der Waals surface area contributed by atoms with Crippen molar-refractivity contribution in [2.45, 2.75) is 18.6 Å². The SMILES string of the molecule is O=C(O)C(Cc1ccc(CP(=O)(O)O)cc1)NO. The molecule has 5 N–H and O–H groups in total. The van der Waals surface area contributed by atoms with Crippen molar-refractivity contribution in [3.05, 3.63) is 35.4 Å². The van der Waals surface area contributed by atoms with Crippen LogP contribution >= 0.6 is 7.60 Å². The zero-order chi connectivity index (χ0) is 13.8. The van der Waals surface area contributed by atoms with E-state index >= 15 is 0 Å². The van der Waals surface area contributed by atoms with Crippen LogP contribution in [0.5, 0.6) is 0 Å². The van der Waals surface area contributed by atoms with Crippen molar-refractivity contribution in [2.24, 2.45) is 0 Å². The molecule has 1 rings (SSSR count). The van der Waals surface area contributed by atoms with E-state index in [1.165, 1.54) is 12.1 Å². The second-order valence-electron chi connectivity index (χ2n) is 3.86. The Balaban J connectivity index is 2.71. The lowest BCUT2D eigenvalue weighted by atomic mass is 10.1. The molecule has 100 valence electrons. The van der Waals surface area contributed by atoms with Crippen LogP contribution in [0.4, 0.5) is 0 Å². The lowest BCUT2D eigenvalue weighted by Gasteiger charge is -2.10. The van der Waals surface area contributed by atoms with E-state index in [1.54, 1.807) is 17.6 Å². The minimum atomic E-state index is -4.10. The fourth-order valence-corrected chi connectivity index (χ4v) is 2.13. The molecule has 0 amide bonds. The smallest absolute Gasteiger partial charge is 0.329 e. The first-order valence-corrected chi connectivity index (χ1v) is 6.86. The summed E-state index contributed by atoms with van der Waals surface area (Å²) in [6.45, 7) is 0. The van der Waals surface area contributed by atoms with Gasteiger partial charge in [0.2, 0.25) is 0 Å². The minimum absolute atomic E-state index is 0.0715. The topological polar surface area (TPSA) is 127 Å². The molecular weight excluding hydrogens is 261 g/mol. The standard InChI is InChI=1S/C10H14NO6P/c12-10(13)9(11-14)5-7-1-3-8(4-2-7)6-18(15,16)17/h1-4,9,11,14H,5-6H2,(H,12,13)(H2,15,16,17). The molecule has 0 aliphatic heterocycles. The Kier molecular flexibility index (Phi) is 5.01. The molecule has 1 unspecified atom stereocenters. The van der Waals surface area contributed by atoms with Gasteiger partial charge in [-0.1, -0.05) is 24.3 Å². The molecule has 7 nitrogen and oxygen atoms in total. The highest BCUT2D eigenvalue weighted by Crippen LogP contribution is 2.38. The van der Waals surface area contributed by atoms with Crippen molar-refractivity contribution < 1.29 is 29.5 Å². The number of carbonyl (C=O) groups is 1. The molecule has 0 saturated carbocycles. The number of aliphatic carboxylic acids is 1. The predicted octanol–water partition coefficient (Wildman–Crippen LogP) is 0.339. The summed E-state index contributed by atoms with van der Waals surface area (Å²) in [6.07, 6.45) is -0.282. The predicted molar refractivity (Wildman–Crippen MR) is 62.2 cm³/mol. The van der Waals surface area contributed by atoms with Gasteiger partial charge in [-0.05, 0) is 11.1 Å². The molecule has 0 bridgehead atoms. The molecule has 1 aromatic rings. The van der Waals surface area contributed by atoms with Crippen LogP contribution in [0.15, 0.2) is 24.3 Å². The van der Waals surface area contributed by atoms with E-state index in [4.69, 9.17) is 20.1 Å². The summed E-state index contributed by atoms with van der Waals surface area (Å²) in [5.41, 5.74) is 2.78. The summed E-state index contributed by atoms with van der Waals surface area (Å²) in [5, 5.41) is 17.3. The van der Waals surface area contributed by atoms with E-state index in [0.29, 0.717) is 11.1 Å². The molecule has 0 radical (unpaired) electrons.